The molecule has 2 heteroatoms. The van der Waals surface area contributed by atoms with E-state index in [-0.39, 0.29) is 0 Å². The summed E-state index contributed by atoms with van der Waals surface area (Å²) in [4.78, 5) is 2.43. The molecule has 254 valence electrons. The van der Waals surface area contributed by atoms with Crippen LogP contribution in [0.25, 0.3) is 65.4 Å². The van der Waals surface area contributed by atoms with Gasteiger partial charge in [-0.2, -0.15) is 0 Å². The summed E-state index contributed by atoms with van der Waals surface area (Å²) in [6, 6.07) is 59.2. The average Bonchev–Trinajstić information content (AvgIpc) is 3.59. The van der Waals surface area contributed by atoms with Crippen molar-refractivity contribution in [3.8, 4) is 0 Å². The Bertz CT molecular complexity index is 3080. The molecule has 0 radical (unpaired) electrons. The molecule has 2 aliphatic rings. The predicted molar refractivity (Wildman–Crippen MR) is 229 cm³/mol. The van der Waals surface area contributed by atoms with Crippen molar-refractivity contribution >= 4 is 82.5 Å². The van der Waals surface area contributed by atoms with Gasteiger partial charge >= 0.3 is 0 Å². The van der Waals surface area contributed by atoms with Crippen LogP contribution in [0.15, 0.2) is 204 Å². The Morgan fingerprint density at radius 3 is 1.91 bits per heavy atom. The molecule has 8 aromatic carbocycles. The molecule has 1 heterocycles. The third-order valence-corrected chi connectivity index (χ3v) is 11.3. The summed E-state index contributed by atoms with van der Waals surface area (Å²) in [5.74, 6) is 0.369. The molecule has 2 aliphatic carbocycles. The van der Waals surface area contributed by atoms with Crippen LogP contribution in [-0.2, 0) is 0 Å². The van der Waals surface area contributed by atoms with Gasteiger partial charge in [0.2, 0.25) is 0 Å². The highest BCUT2D eigenvalue weighted by Crippen LogP contribution is 2.46. The highest BCUT2D eigenvalue weighted by molar-refractivity contribution is 6.11. The van der Waals surface area contributed by atoms with Crippen LogP contribution >= 0.6 is 0 Å². The maximum Gasteiger partial charge on any atom is 0.137 e. The minimum atomic E-state index is 0.369. The van der Waals surface area contributed by atoms with Gasteiger partial charge in [0, 0.05) is 39.7 Å². The Morgan fingerprint density at radius 2 is 1.11 bits per heavy atom. The lowest BCUT2D eigenvalue weighted by Crippen LogP contribution is -2.13. The van der Waals surface area contributed by atoms with Crippen molar-refractivity contribution < 1.29 is 4.42 Å². The number of benzene rings is 8. The number of furan rings is 1. The first kappa shape index (κ1) is 30.7. The first-order chi connectivity index (χ1) is 26.7. The van der Waals surface area contributed by atoms with Crippen molar-refractivity contribution in [2.45, 2.75) is 6.42 Å². The normalized spacial score (nSPS) is 15.4. The van der Waals surface area contributed by atoms with Crippen LogP contribution in [0.1, 0.15) is 17.5 Å². The van der Waals surface area contributed by atoms with Gasteiger partial charge in [0.25, 0.3) is 0 Å². The number of anilines is 3. The van der Waals surface area contributed by atoms with Crippen LogP contribution in [0, 0.1) is 5.92 Å². The molecule has 0 saturated heterocycles. The number of hydrogen-bond donors (Lipinski definition) is 0. The first-order valence-electron chi connectivity index (χ1n) is 18.8. The van der Waals surface area contributed by atoms with Gasteiger partial charge in [-0.05, 0) is 110 Å². The van der Waals surface area contributed by atoms with E-state index in [9.17, 15) is 0 Å². The van der Waals surface area contributed by atoms with Gasteiger partial charge in [0.15, 0.2) is 0 Å². The van der Waals surface area contributed by atoms with E-state index in [4.69, 9.17) is 4.42 Å². The standard InChI is InChI=1S/C52H35NO/c1-2-10-34(11-3-1)42-20-18-36-19-21-43(27-44(36)26-42)48-29-38-14-6-8-16-40(38)31-50(48)53(45-23-22-35-12-4-5-13-37(35)28-45)46-24-25-47-49-30-39-15-7-9-17-41(39)32-51(49)54-52(47)33-46/h1-18,20-33,36H,19H2. The minimum Gasteiger partial charge on any atom is -0.456 e. The first-order valence-corrected chi connectivity index (χ1v) is 18.8. The molecular weight excluding hydrogens is 655 g/mol. The maximum atomic E-state index is 6.66. The number of hydrogen-bond acceptors (Lipinski definition) is 2. The van der Waals surface area contributed by atoms with Crippen molar-refractivity contribution in [2.75, 3.05) is 4.90 Å². The monoisotopic (exact) mass is 689 g/mol. The Balaban J connectivity index is 1.13. The van der Waals surface area contributed by atoms with E-state index >= 15 is 0 Å². The Hall–Kier alpha value is -6.90. The fraction of sp³-hybridized carbons (Fsp3) is 0.0385. The SMILES string of the molecule is C1=CC2CC=C(c3cc4ccccc4cc3N(c3ccc4ccccc4c3)c3ccc4c(c3)oc3cc5ccccc5cc34)C=C2C=C1c1ccccc1. The number of nitrogens with zero attached hydrogens (tertiary/aromatic N) is 1. The minimum absolute atomic E-state index is 0.369. The van der Waals surface area contributed by atoms with Gasteiger partial charge in [-0.1, -0.05) is 140 Å². The summed E-state index contributed by atoms with van der Waals surface area (Å²) in [5, 5.41) is 9.49. The van der Waals surface area contributed by atoms with Gasteiger partial charge in [-0.3, -0.25) is 0 Å². The quantitative estimate of drug-likeness (QED) is 0.179. The Kier molecular flexibility index (Phi) is 7.03. The number of rotatable bonds is 5. The molecule has 2 nitrogen and oxygen atoms in total. The molecule has 0 bridgehead atoms. The van der Waals surface area contributed by atoms with Crippen molar-refractivity contribution in [3.05, 3.63) is 211 Å². The molecular formula is C52H35NO. The molecule has 54 heavy (non-hydrogen) atoms. The van der Waals surface area contributed by atoms with Gasteiger partial charge in [-0.25, -0.2) is 0 Å². The Labute approximate surface area is 313 Å². The van der Waals surface area contributed by atoms with E-state index in [1.807, 2.05) is 0 Å². The number of allylic oxidation sites excluding steroid dienone is 8. The van der Waals surface area contributed by atoms with Crippen LogP contribution in [0.3, 0.4) is 0 Å². The maximum absolute atomic E-state index is 6.66. The van der Waals surface area contributed by atoms with E-state index < -0.39 is 0 Å². The van der Waals surface area contributed by atoms with Gasteiger partial charge < -0.3 is 9.32 Å². The van der Waals surface area contributed by atoms with E-state index in [0.29, 0.717) is 5.92 Å². The van der Waals surface area contributed by atoms with Crippen LogP contribution in [0.5, 0.6) is 0 Å². The summed E-state index contributed by atoms with van der Waals surface area (Å²) in [5.41, 5.74) is 11.3. The largest absolute Gasteiger partial charge is 0.456 e. The zero-order valence-corrected chi connectivity index (χ0v) is 29.6. The molecule has 0 fully saturated rings. The molecule has 1 atom stereocenters. The highest BCUT2D eigenvalue weighted by Gasteiger charge is 2.24. The molecule has 0 amide bonds. The van der Waals surface area contributed by atoms with Crippen LogP contribution in [-0.4, -0.2) is 0 Å². The predicted octanol–water partition coefficient (Wildman–Crippen LogP) is 14.5. The average molecular weight is 690 g/mol. The zero-order chi connectivity index (χ0) is 35.6. The molecule has 0 saturated carbocycles. The lowest BCUT2D eigenvalue weighted by atomic mass is 9.81. The smallest absolute Gasteiger partial charge is 0.137 e. The lowest BCUT2D eigenvalue weighted by Gasteiger charge is -2.30. The highest BCUT2D eigenvalue weighted by atomic mass is 16.3. The van der Waals surface area contributed by atoms with Crippen molar-refractivity contribution in [3.63, 3.8) is 0 Å². The zero-order valence-electron chi connectivity index (χ0n) is 29.6. The van der Waals surface area contributed by atoms with E-state index in [1.54, 1.807) is 0 Å². The van der Waals surface area contributed by atoms with E-state index in [0.717, 1.165) is 45.4 Å². The summed E-state index contributed by atoms with van der Waals surface area (Å²) in [7, 11) is 0. The number of fused-ring (bicyclic) bond motifs is 7. The molecule has 0 spiro atoms. The second-order valence-electron chi connectivity index (χ2n) is 14.5. The van der Waals surface area contributed by atoms with Gasteiger partial charge in [0.1, 0.15) is 11.2 Å². The molecule has 1 aromatic heterocycles. The third kappa shape index (κ3) is 5.18. The van der Waals surface area contributed by atoms with E-state index in [1.165, 1.54) is 60.2 Å². The van der Waals surface area contributed by atoms with Crippen molar-refractivity contribution in [1.29, 1.82) is 0 Å². The summed E-state index contributed by atoms with van der Waals surface area (Å²) < 4.78 is 6.66. The summed E-state index contributed by atoms with van der Waals surface area (Å²) in [6.45, 7) is 0. The van der Waals surface area contributed by atoms with Crippen molar-refractivity contribution in [2.24, 2.45) is 5.92 Å². The van der Waals surface area contributed by atoms with Crippen LogP contribution < -0.4 is 4.90 Å². The summed E-state index contributed by atoms with van der Waals surface area (Å²) in [6.07, 6.45) is 12.8. The van der Waals surface area contributed by atoms with E-state index in [2.05, 4.69) is 199 Å². The van der Waals surface area contributed by atoms with Crippen LogP contribution in [0.2, 0.25) is 0 Å². The van der Waals surface area contributed by atoms with Gasteiger partial charge in [-0.15, -0.1) is 0 Å². The molecule has 0 N–H and O–H groups in total. The molecule has 11 rings (SSSR count). The molecule has 0 aliphatic heterocycles. The second-order valence-corrected chi connectivity index (χ2v) is 14.5. The third-order valence-electron chi connectivity index (χ3n) is 11.3. The topological polar surface area (TPSA) is 16.4 Å². The summed E-state index contributed by atoms with van der Waals surface area (Å²) >= 11 is 0. The second kappa shape index (κ2) is 12.4. The molecule has 9 aromatic rings. The van der Waals surface area contributed by atoms with Gasteiger partial charge in [0.05, 0.1) is 5.69 Å². The fourth-order valence-electron chi connectivity index (χ4n) is 8.50. The fourth-order valence-corrected chi connectivity index (χ4v) is 8.50. The molecule has 1 unspecified atom stereocenters. The van der Waals surface area contributed by atoms with Crippen LogP contribution in [0.4, 0.5) is 17.1 Å². The lowest BCUT2D eigenvalue weighted by molar-refractivity contribution is 0.669. The Morgan fingerprint density at radius 1 is 0.481 bits per heavy atom. The van der Waals surface area contributed by atoms with Crippen molar-refractivity contribution in [1.82, 2.24) is 0 Å².